The monoisotopic (exact) mass is 316 g/mol. The van der Waals surface area contributed by atoms with E-state index in [-0.39, 0.29) is 0 Å². The highest BCUT2D eigenvalue weighted by Crippen LogP contribution is 2.48. The van der Waals surface area contributed by atoms with Crippen LogP contribution in [0.25, 0.3) is 0 Å². The maximum atomic E-state index is 4.44. The van der Waals surface area contributed by atoms with Gasteiger partial charge in [-0.15, -0.1) is 21.5 Å². The molecule has 2 rings (SSSR count). The highest BCUT2D eigenvalue weighted by molar-refractivity contribution is 9.09. The SMILES string of the molecule is CCC(Br)c1nnc(C2CCCCC2(C)C)s1. The normalized spacial score (nSPS) is 25.8. The number of rotatable bonds is 3. The summed E-state index contributed by atoms with van der Waals surface area (Å²) < 4.78 is 0. The third-order valence-electron chi connectivity index (χ3n) is 3.89. The fourth-order valence-corrected chi connectivity index (χ4v) is 4.26. The molecule has 0 aliphatic heterocycles. The van der Waals surface area contributed by atoms with Gasteiger partial charge in [0.1, 0.15) is 10.0 Å². The van der Waals surface area contributed by atoms with Gasteiger partial charge in [-0.3, -0.25) is 0 Å². The van der Waals surface area contributed by atoms with E-state index in [1.54, 1.807) is 11.3 Å². The van der Waals surface area contributed by atoms with Crippen molar-refractivity contribution in [3.8, 4) is 0 Å². The molecular formula is C13H21BrN2S. The van der Waals surface area contributed by atoms with Crippen LogP contribution in [0.5, 0.6) is 0 Å². The summed E-state index contributed by atoms with van der Waals surface area (Å²) in [5.41, 5.74) is 0.392. The van der Waals surface area contributed by atoms with Crippen LogP contribution in [0.1, 0.15) is 73.6 Å². The van der Waals surface area contributed by atoms with Gasteiger partial charge in [-0.25, -0.2) is 0 Å². The maximum absolute atomic E-state index is 4.44. The molecule has 2 atom stereocenters. The van der Waals surface area contributed by atoms with E-state index in [2.05, 4.69) is 46.9 Å². The molecule has 2 nitrogen and oxygen atoms in total. The van der Waals surface area contributed by atoms with Crippen molar-refractivity contribution < 1.29 is 0 Å². The van der Waals surface area contributed by atoms with Gasteiger partial charge in [-0.2, -0.15) is 0 Å². The van der Waals surface area contributed by atoms with E-state index < -0.39 is 0 Å². The number of halogens is 1. The molecule has 1 fully saturated rings. The minimum atomic E-state index is 0.375. The summed E-state index contributed by atoms with van der Waals surface area (Å²) in [5, 5.41) is 11.2. The van der Waals surface area contributed by atoms with Crippen molar-refractivity contribution in [3.05, 3.63) is 10.0 Å². The number of alkyl halides is 1. The number of aromatic nitrogens is 2. The highest BCUT2D eigenvalue weighted by Gasteiger charge is 2.35. The van der Waals surface area contributed by atoms with Gasteiger partial charge in [0.15, 0.2) is 0 Å². The van der Waals surface area contributed by atoms with E-state index in [9.17, 15) is 0 Å². The number of nitrogens with zero attached hydrogens (tertiary/aromatic N) is 2. The van der Waals surface area contributed by atoms with Gasteiger partial charge in [0, 0.05) is 5.92 Å². The average molecular weight is 317 g/mol. The smallest absolute Gasteiger partial charge is 0.131 e. The Morgan fingerprint density at radius 1 is 1.41 bits per heavy atom. The van der Waals surface area contributed by atoms with Crippen molar-refractivity contribution in [1.82, 2.24) is 10.2 Å². The molecule has 0 amide bonds. The quantitative estimate of drug-likeness (QED) is 0.728. The average Bonchev–Trinajstić information content (AvgIpc) is 2.76. The van der Waals surface area contributed by atoms with Gasteiger partial charge in [-0.05, 0) is 24.7 Å². The van der Waals surface area contributed by atoms with E-state index >= 15 is 0 Å². The van der Waals surface area contributed by atoms with Gasteiger partial charge >= 0.3 is 0 Å². The van der Waals surface area contributed by atoms with Crippen molar-refractivity contribution in [2.75, 3.05) is 0 Å². The molecule has 0 spiro atoms. The Morgan fingerprint density at radius 2 is 2.18 bits per heavy atom. The van der Waals surface area contributed by atoms with Crippen LogP contribution in [-0.4, -0.2) is 10.2 Å². The van der Waals surface area contributed by atoms with Gasteiger partial charge in [0.2, 0.25) is 0 Å². The molecular weight excluding hydrogens is 296 g/mol. The van der Waals surface area contributed by atoms with Crippen LogP contribution in [0.3, 0.4) is 0 Å². The predicted molar refractivity (Wildman–Crippen MR) is 76.9 cm³/mol. The van der Waals surface area contributed by atoms with Crippen LogP contribution < -0.4 is 0 Å². The second-order valence-electron chi connectivity index (χ2n) is 5.64. The lowest BCUT2D eigenvalue weighted by molar-refractivity contribution is 0.198. The number of hydrogen-bond donors (Lipinski definition) is 0. The summed E-state index contributed by atoms with van der Waals surface area (Å²) in [6.07, 6.45) is 6.38. The molecule has 0 N–H and O–H groups in total. The molecule has 17 heavy (non-hydrogen) atoms. The first-order valence-electron chi connectivity index (χ1n) is 6.52. The zero-order valence-corrected chi connectivity index (χ0v) is 13.3. The third kappa shape index (κ3) is 2.90. The molecule has 0 radical (unpaired) electrons. The van der Waals surface area contributed by atoms with Gasteiger partial charge < -0.3 is 0 Å². The molecule has 1 saturated carbocycles. The Kier molecular flexibility index (Phi) is 4.24. The van der Waals surface area contributed by atoms with Gasteiger partial charge in [0.05, 0.1) is 4.83 Å². The largest absolute Gasteiger partial charge is 0.143 e. The van der Waals surface area contributed by atoms with Gasteiger partial charge in [0.25, 0.3) is 0 Å². The van der Waals surface area contributed by atoms with E-state index in [0.717, 1.165) is 11.4 Å². The van der Waals surface area contributed by atoms with E-state index in [1.165, 1.54) is 30.7 Å². The van der Waals surface area contributed by atoms with Crippen LogP contribution in [0.15, 0.2) is 0 Å². The zero-order valence-electron chi connectivity index (χ0n) is 10.9. The van der Waals surface area contributed by atoms with Crippen molar-refractivity contribution in [2.45, 2.75) is 63.6 Å². The molecule has 96 valence electrons. The molecule has 1 aliphatic rings. The van der Waals surface area contributed by atoms with Crippen molar-refractivity contribution in [3.63, 3.8) is 0 Å². The molecule has 1 aromatic heterocycles. The minimum absolute atomic E-state index is 0.375. The van der Waals surface area contributed by atoms with Crippen molar-refractivity contribution in [2.24, 2.45) is 5.41 Å². The summed E-state index contributed by atoms with van der Waals surface area (Å²) in [7, 11) is 0. The molecule has 0 aromatic carbocycles. The minimum Gasteiger partial charge on any atom is -0.143 e. The summed E-state index contributed by atoms with van der Waals surface area (Å²) in [4.78, 5) is 0.375. The zero-order chi connectivity index (χ0) is 12.5. The lowest BCUT2D eigenvalue weighted by Crippen LogP contribution is -2.25. The Bertz CT molecular complexity index is 375. The van der Waals surface area contributed by atoms with E-state index in [4.69, 9.17) is 0 Å². The second kappa shape index (κ2) is 5.35. The standard InChI is InChI=1S/C13H21BrN2S/c1-4-10(14)12-16-15-11(17-12)9-7-5-6-8-13(9,2)3/h9-10H,4-8H2,1-3H3. The molecule has 4 heteroatoms. The lowest BCUT2D eigenvalue weighted by Gasteiger charge is -2.37. The van der Waals surface area contributed by atoms with Crippen LogP contribution in [-0.2, 0) is 0 Å². The van der Waals surface area contributed by atoms with Gasteiger partial charge in [-0.1, -0.05) is 49.5 Å². The summed E-state index contributed by atoms with van der Waals surface area (Å²) in [5.74, 6) is 0.610. The van der Waals surface area contributed by atoms with Crippen LogP contribution >= 0.6 is 27.3 Å². The molecule has 0 saturated heterocycles. The fraction of sp³-hybridized carbons (Fsp3) is 0.846. The Labute approximate surface area is 116 Å². The first-order chi connectivity index (χ1) is 8.04. The highest BCUT2D eigenvalue weighted by atomic mass is 79.9. The lowest BCUT2D eigenvalue weighted by atomic mass is 9.69. The number of hydrogen-bond acceptors (Lipinski definition) is 3. The first kappa shape index (κ1) is 13.5. The van der Waals surface area contributed by atoms with E-state index in [1.807, 2.05) is 0 Å². The molecule has 1 heterocycles. The van der Waals surface area contributed by atoms with Crippen molar-refractivity contribution >= 4 is 27.3 Å². The van der Waals surface area contributed by atoms with Crippen LogP contribution in [0, 0.1) is 5.41 Å². The van der Waals surface area contributed by atoms with E-state index in [0.29, 0.717) is 16.2 Å². The summed E-state index contributed by atoms with van der Waals surface area (Å²) in [6, 6.07) is 0. The molecule has 1 aliphatic carbocycles. The molecule has 2 unspecified atom stereocenters. The summed E-state index contributed by atoms with van der Waals surface area (Å²) >= 11 is 5.46. The van der Waals surface area contributed by atoms with Crippen LogP contribution in [0.4, 0.5) is 0 Å². The predicted octanol–water partition coefficient (Wildman–Crippen LogP) is 5.07. The van der Waals surface area contributed by atoms with Crippen molar-refractivity contribution in [1.29, 1.82) is 0 Å². The maximum Gasteiger partial charge on any atom is 0.131 e. The second-order valence-corrected chi connectivity index (χ2v) is 7.79. The molecule has 0 bridgehead atoms. The third-order valence-corrected chi connectivity index (χ3v) is 6.42. The summed E-state index contributed by atoms with van der Waals surface area (Å²) in [6.45, 7) is 6.93. The Morgan fingerprint density at radius 3 is 2.82 bits per heavy atom. The van der Waals surface area contributed by atoms with Crippen LogP contribution in [0.2, 0.25) is 0 Å². The topological polar surface area (TPSA) is 25.8 Å². The first-order valence-corrected chi connectivity index (χ1v) is 8.25. The molecule has 1 aromatic rings. The Balaban J connectivity index is 2.18. The Hall–Kier alpha value is 0.0400. The fourth-order valence-electron chi connectivity index (χ4n) is 2.64.